The number of carbonyl (C=O) groups excluding carboxylic acids is 2. The van der Waals surface area contributed by atoms with Crippen molar-refractivity contribution in [3.8, 4) is 5.75 Å². The van der Waals surface area contributed by atoms with Gasteiger partial charge in [0.05, 0.1) is 18.7 Å². The van der Waals surface area contributed by atoms with Gasteiger partial charge in [-0.15, -0.1) is 0 Å². The lowest BCUT2D eigenvalue weighted by Gasteiger charge is -2.25. The molecule has 0 spiro atoms. The van der Waals surface area contributed by atoms with E-state index in [0.29, 0.717) is 17.9 Å². The van der Waals surface area contributed by atoms with Crippen LogP contribution in [-0.4, -0.2) is 35.4 Å². The number of aliphatic hydroxyl groups is 1. The van der Waals surface area contributed by atoms with Gasteiger partial charge in [0.1, 0.15) is 11.5 Å². The first-order chi connectivity index (χ1) is 13.5. The standard InChI is InChI=1S/C23H25NO4/c1-4-5-14-24-20(16-8-6-15(2)7-9-16)19(22(26)23(24)27)21(25)17-10-12-18(28-3)13-11-17/h6-13,20,25H,4-5,14H2,1-3H3/b21-19+. The summed E-state index contributed by atoms with van der Waals surface area (Å²) in [5, 5.41) is 10.9. The molecule has 1 aliphatic rings. The van der Waals surface area contributed by atoms with Crippen molar-refractivity contribution in [2.75, 3.05) is 13.7 Å². The van der Waals surface area contributed by atoms with Crippen LogP contribution in [0.4, 0.5) is 0 Å². The molecular weight excluding hydrogens is 354 g/mol. The van der Waals surface area contributed by atoms with Crippen LogP contribution in [-0.2, 0) is 9.59 Å². The van der Waals surface area contributed by atoms with Crippen molar-refractivity contribution in [1.82, 2.24) is 4.90 Å². The molecule has 28 heavy (non-hydrogen) atoms. The molecular formula is C23H25NO4. The van der Waals surface area contributed by atoms with Crippen LogP contribution in [0.3, 0.4) is 0 Å². The topological polar surface area (TPSA) is 66.8 Å². The van der Waals surface area contributed by atoms with Crippen molar-refractivity contribution in [2.24, 2.45) is 0 Å². The molecule has 1 N–H and O–H groups in total. The molecule has 0 radical (unpaired) electrons. The van der Waals surface area contributed by atoms with Crippen LogP contribution in [0.25, 0.3) is 5.76 Å². The van der Waals surface area contributed by atoms with Crippen LogP contribution in [0.15, 0.2) is 54.1 Å². The van der Waals surface area contributed by atoms with Crippen LogP contribution in [0.5, 0.6) is 5.75 Å². The van der Waals surface area contributed by atoms with Crippen molar-refractivity contribution in [3.05, 3.63) is 70.8 Å². The van der Waals surface area contributed by atoms with E-state index in [1.54, 1.807) is 36.3 Å². The van der Waals surface area contributed by atoms with Crippen molar-refractivity contribution in [1.29, 1.82) is 0 Å². The third kappa shape index (κ3) is 3.65. The minimum atomic E-state index is -0.644. The lowest BCUT2D eigenvalue weighted by molar-refractivity contribution is -0.139. The van der Waals surface area contributed by atoms with Gasteiger partial charge in [-0.05, 0) is 43.2 Å². The molecule has 3 rings (SSSR count). The van der Waals surface area contributed by atoms with Gasteiger partial charge in [-0.2, -0.15) is 0 Å². The highest BCUT2D eigenvalue weighted by Gasteiger charge is 2.45. The number of unbranched alkanes of at least 4 members (excludes halogenated alkanes) is 1. The van der Waals surface area contributed by atoms with E-state index in [-0.39, 0.29) is 11.3 Å². The average molecular weight is 379 g/mol. The number of methoxy groups -OCH3 is 1. The first-order valence-corrected chi connectivity index (χ1v) is 9.47. The second kappa shape index (κ2) is 8.30. The monoisotopic (exact) mass is 379 g/mol. The molecule has 1 fully saturated rings. The minimum Gasteiger partial charge on any atom is -0.507 e. The predicted octanol–water partition coefficient (Wildman–Crippen LogP) is 4.23. The van der Waals surface area contributed by atoms with E-state index in [2.05, 4.69) is 0 Å². The molecule has 0 bridgehead atoms. The lowest BCUT2D eigenvalue weighted by atomic mass is 9.94. The lowest BCUT2D eigenvalue weighted by Crippen LogP contribution is -2.30. The molecule has 2 aromatic rings. The van der Waals surface area contributed by atoms with Gasteiger partial charge in [0.2, 0.25) is 0 Å². The third-order valence-corrected chi connectivity index (χ3v) is 5.05. The van der Waals surface area contributed by atoms with E-state index in [1.165, 1.54) is 0 Å². The first kappa shape index (κ1) is 19.7. The third-order valence-electron chi connectivity index (χ3n) is 5.05. The summed E-state index contributed by atoms with van der Waals surface area (Å²) in [7, 11) is 1.56. The molecule has 5 heteroatoms. The quantitative estimate of drug-likeness (QED) is 0.463. The van der Waals surface area contributed by atoms with Crippen LogP contribution in [0.1, 0.15) is 42.5 Å². The number of Topliss-reactive ketones (excluding diaryl/α,β-unsaturated/α-hetero) is 1. The van der Waals surface area contributed by atoms with E-state index in [4.69, 9.17) is 4.74 Å². The molecule has 1 saturated heterocycles. The van der Waals surface area contributed by atoms with Crippen molar-refractivity contribution >= 4 is 17.4 Å². The second-order valence-corrected chi connectivity index (χ2v) is 6.99. The Morgan fingerprint density at radius 2 is 1.71 bits per heavy atom. The average Bonchev–Trinajstić information content (AvgIpc) is 2.97. The highest BCUT2D eigenvalue weighted by Crippen LogP contribution is 2.39. The van der Waals surface area contributed by atoms with E-state index in [1.807, 2.05) is 38.1 Å². The Kier molecular flexibility index (Phi) is 5.83. The summed E-state index contributed by atoms with van der Waals surface area (Å²) in [5.74, 6) is -0.718. The summed E-state index contributed by atoms with van der Waals surface area (Å²) in [6.45, 7) is 4.49. The maximum atomic E-state index is 12.8. The SMILES string of the molecule is CCCCN1C(=O)C(=O)/C(=C(/O)c2ccc(OC)cc2)C1c1ccc(C)cc1. The maximum Gasteiger partial charge on any atom is 0.295 e. The highest BCUT2D eigenvalue weighted by atomic mass is 16.5. The number of carbonyl (C=O) groups is 2. The zero-order valence-corrected chi connectivity index (χ0v) is 16.4. The maximum absolute atomic E-state index is 12.8. The van der Waals surface area contributed by atoms with Gasteiger partial charge in [-0.1, -0.05) is 43.2 Å². The molecule has 1 amide bonds. The van der Waals surface area contributed by atoms with Crippen molar-refractivity contribution < 1.29 is 19.4 Å². The number of ether oxygens (including phenoxy) is 1. The van der Waals surface area contributed by atoms with Gasteiger partial charge in [0.25, 0.3) is 11.7 Å². The zero-order chi connectivity index (χ0) is 20.3. The van der Waals surface area contributed by atoms with Gasteiger partial charge >= 0.3 is 0 Å². The van der Waals surface area contributed by atoms with E-state index < -0.39 is 17.7 Å². The number of hydrogen-bond donors (Lipinski definition) is 1. The smallest absolute Gasteiger partial charge is 0.295 e. The summed E-state index contributed by atoms with van der Waals surface area (Å²) in [4.78, 5) is 27.1. The Morgan fingerprint density at radius 3 is 2.29 bits per heavy atom. The van der Waals surface area contributed by atoms with Gasteiger partial charge in [0, 0.05) is 12.1 Å². The summed E-state index contributed by atoms with van der Waals surface area (Å²) < 4.78 is 5.15. The molecule has 1 atom stereocenters. The highest BCUT2D eigenvalue weighted by molar-refractivity contribution is 6.46. The van der Waals surface area contributed by atoms with Gasteiger partial charge in [-0.3, -0.25) is 9.59 Å². The van der Waals surface area contributed by atoms with E-state index in [0.717, 1.165) is 24.0 Å². The van der Waals surface area contributed by atoms with Crippen LogP contribution in [0, 0.1) is 6.92 Å². The van der Waals surface area contributed by atoms with E-state index >= 15 is 0 Å². The summed E-state index contributed by atoms with van der Waals surface area (Å²) in [5.41, 5.74) is 2.52. The van der Waals surface area contributed by atoms with Crippen LogP contribution in [0.2, 0.25) is 0 Å². The number of rotatable bonds is 6. The largest absolute Gasteiger partial charge is 0.507 e. The first-order valence-electron chi connectivity index (χ1n) is 9.47. The molecule has 146 valence electrons. The molecule has 5 nitrogen and oxygen atoms in total. The number of hydrogen-bond acceptors (Lipinski definition) is 4. The van der Waals surface area contributed by atoms with E-state index in [9.17, 15) is 14.7 Å². The molecule has 2 aromatic carbocycles. The van der Waals surface area contributed by atoms with Crippen LogP contribution >= 0.6 is 0 Å². The second-order valence-electron chi connectivity index (χ2n) is 6.99. The number of likely N-dealkylation sites (tertiary alicyclic amines) is 1. The fourth-order valence-corrected chi connectivity index (χ4v) is 3.44. The Hall–Kier alpha value is -3.08. The molecule has 1 aliphatic heterocycles. The molecule has 0 saturated carbocycles. The predicted molar refractivity (Wildman–Crippen MR) is 108 cm³/mol. The molecule has 0 aliphatic carbocycles. The number of nitrogens with zero attached hydrogens (tertiary/aromatic N) is 1. The molecule has 1 unspecified atom stereocenters. The normalized spacial score (nSPS) is 18.5. The summed E-state index contributed by atoms with van der Waals surface area (Å²) >= 11 is 0. The Morgan fingerprint density at radius 1 is 1.07 bits per heavy atom. The summed E-state index contributed by atoms with van der Waals surface area (Å²) in [6.07, 6.45) is 1.69. The van der Waals surface area contributed by atoms with Gasteiger partial charge < -0.3 is 14.7 Å². The Balaban J connectivity index is 2.12. The number of ketones is 1. The number of aryl methyl sites for hydroxylation is 1. The number of amides is 1. The molecule has 1 heterocycles. The zero-order valence-electron chi connectivity index (χ0n) is 16.4. The fraction of sp³-hybridized carbons (Fsp3) is 0.304. The van der Waals surface area contributed by atoms with Crippen LogP contribution < -0.4 is 4.74 Å². The number of aliphatic hydroxyl groups excluding tert-OH is 1. The van der Waals surface area contributed by atoms with Crippen molar-refractivity contribution in [3.63, 3.8) is 0 Å². The molecule has 0 aromatic heterocycles. The Labute approximate surface area is 165 Å². The fourth-order valence-electron chi connectivity index (χ4n) is 3.44. The van der Waals surface area contributed by atoms with Crippen molar-refractivity contribution in [2.45, 2.75) is 32.7 Å². The minimum absolute atomic E-state index is 0.134. The summed E-state index contributed by atoms with van der Waals surface area (Å²) in [6, 6.07) is 13.9. The Bertz CT molecular complexity index is 897. The van der Waals surface area contributed by atoms with Gasteiger partial charge in [-0.25, -0.2) is 0 Å². The number of benzene rings is 2. The van der Waals surface area contributed by atoms with Gasteiger partial charge in [0.15, 0.2) is 0 Å².